The molecule has 7 rings (SSSR count). The van der Waals surface area contributed by atoms with Crippen molar-refractivity contribution in [3.8, 4) is 0 Å². The molecular weight excluding hydrogens is 822 g/mol. The zero-order chi connectivity index (χ0) is 43.4. The molecule has 3 aromatic rings. The molecule has 1 N–H and O–H groups in total. The van der Waals surface area contributed by atoms with Crippen LogP contribution in [0.25, 0.3) is 10.1 Å². The number of likely N-dealkylation sites (tertiary alicyclic amines) is 1. The fourth-order valence-electron chi connectivity index (χ4n) is 7.99. The lowest BCUT2D eigenvalue weighted by Gasteiger charge is -2.43. The molecule has 0 bridgehead atoms. The zero-order valence-electron chi connectivity index (χ0n) is 34.5. The normalized spacial score (nSPS) is 23.5. The van der Waals surface area contributed by atoms with Crippen molar-refractivity contribution in [3.63, 3.8) is 0 Å². The predicted octanol–water partition coefficient (Wildman–Crippen LogP) is 7.18. The minimum atomic E-state index is -5.57. The highest BCUT2D eigenvalue weighted by molar-refractivity contribution is 7.54. The van der Waals surface area contributed by atoms with Crippen molar-refractivity contribution in [3.05, 3.63) is 64.8 Å². The second-order valence-corrected chi connectivity index (χ2v) is 21.4. The standard InChI is InChI=1S/C42H51F2N4O10PS/c1-40(2,3)38(52)55-22-57-59(54,58-23-56-39(53)41(4,5)6)42(43,44)29-9-12-33-27(15-29)18-34(60-33)35(49)46-31-17-26-14-25(26)16-30-10-11-32(48(30)36(31)50)37(51)47-20-28(21-47)24-8-7-13-45-19-24/h7-9,12-13,15,18-19,25-26,28,30-32H,10-11,14,16-17,20-23H2,1-6H3,(H,46,49)/t25-,26+,30+,31-,32-/m0/s1. The summed E-state index contributed by atoms with van der Waals surface area (Å²) in [7, 11) is -5.57. The minimum Gasteiger partial charge on any atom is -0.438 e. The van der Waals surface area contributed by atoms with E-state index in [1.807, 2.05) is 12.1 Å². The van der Waals surface area contributed by atoms with Crippen molar-refractivity contribution >= 4 is 58.7 Å². The molecule has 3 amide bonds. The summed E-state index contributed by atoms with van der Waals surface area (Å²) in [5.41, 5.74) is -6.12. The predicted molar refractivity (Wildman–Crippen MR) is 216 cm³/mol. The molecule has 14 nitrogen and oxygen atoms in total. The molecule has 324 valence electrons. The maximum absolute atomic E-state index is 16.3. The fourth-order valence-corrected chi connectivity index (χ4v) is 10.2. The Hall–Kier alpha value is -4.31. The van der Waals surface area contributed by atoms with E-state index in [1.54, 1.807) is 22.2 Å². The van der Waals surface area contributed by atoms with Gasteiger partial charge in [-0.2, -0.15) is 8.78 Å². The summed E-state index contributed by atoms with van der Waals surface area (Å²) < 4.78 is 66.8. The van der Waals surface area contributed by atoms with Crippen LogP contribution in [0.4, 0.5) is 8.78 Å². The number of nitrogens with zero attached hydrogens (tertiary/aromatic N) is 3. The number of ether oxygens (including phenoxy) is 2. The van der Waals surface area contributed by atoms with Gasteiger partial charge in [0.1, 0.15) is 12.1 Å². The lowest BCUT2D eigenvalue weighted by Crippen LogP contribution is -2.59. The van der Waals surface area contributed by atoms with E-state index < -0.39 is 73.2 Å². The van der Waals surface area contributed by atoms with Gasteiger partial charge in [-0.15, -0.1) is 11.3 Å². The second-order valence-electron chi connectivity index (χ2n) is 18.2. The molecule has 2 aromatic heterocycles. The van der Waals surface area contributed by atoms with Gasteiger partial charge in [0.15, 0.2) is 0 Å². The lowest BCUT2D eigenvalue weighted by atomic mass is 9.92. The van der Waals surface area contributed by atoms with E-state index in [-0.39, 0.29) is 40.0 Å². The van der Waals surface area contributed by atoms with Crippen LogP contribution in [0.1, 0.15) is 100 Å². The topological polar surface area (TPSA) is 171 Å². The van der Waals surface area contributed by atoms with Crippen LogP contribution in [0.3, 0.4) is 0 Å². The van der Waals surface area contributed by atoms with Crippen LogP contribution in [0.15, 0.2) is 48.8 Å². The zero-order valence-corrected chi connectivity index (χ0v) is 36.2. The van der Waals surface area contributed by atoms with Crippen molar-refractivity contribution in [1.82, 2.24) is 20.1 Å². The Labute approximate surface area is 351 Å². The molecule has 1 aliphatic carbocycles. The number of pyridine rings is 1. The summed E-state index contributed by atoms with van der Waals surface area (Å²) in [6.45, 7) is 8.01. The maximum Gasteiger partial charge on any atom is 0.410 e. The van der Waals surface area contributed by atoms with E-state index in [9.17, 15) is 28.5 Å². The largest absolute Gasteiger partial charge is 0.438 e. The number of benzene rings is 1. The number of thiophene rings is 1. The highest BCUT2D eigenvalue weighted by Crippen LogP contribution is 2.67. The van der Waals surface area contributed by atoms with Crippen LogP contribution in [0.2, 0.25) is 0 Å². The minimum absolute atomic E-state index is 0.0849. The van der Waals surface area contributed by atoms with E-state index in [4.69, 9.17) is 18.5 Å². The Morgan fingerprint density at radius 1 is 0.900 bits per heavy atom. The number of hydrogen-bond acceptors (Lipinski definition) is 12. The molecule has 5 heterocycles. The number of carbonyl (C=O) groups excluding carboxylic acids is 5. The molecule has 4 aliphatic rings. The molecule has 4 fully saturated rings. The van der Waals surface area contributed by atoms with Crippen LogP contribution in [-0.2, 0) is 47.9 Å². The summed E-state index contributed by atoms with van der Waals surface area (Å²) in [4.78, 5) is 74.5. The van der Waals surface area contributed by atoms with Crippen LogP contribution >= 0.6 is 18.9 Å². The van der Waals surface area contributed by atoms with Gasteiger partial charge in [0.2, 0.25) is 25.4 Å². The first-order valence-electron chi connectivity index (χ1n) is 20.1. The Morgan fingerprint density at radius 3 is 2.17 bits per heavy atom. The van der Waals surface area contributed by atoms with E-state index in [0.717, 1.165) is 41.9 Å². The second kappa shape index (κ2) is 16.5. The molecule has 18 heteroatoms. The first kappa shape index (κ1) is 43.8. The summed E-state index contributed by atoms with van der Waals surface area (Å²) in [6.07, 6.45) is 6.98. The van der Waals surface area contributed by atoms with Crippen molar-refractivity contribution in [2.24, 2.45) is 22.7 Å². The lowest BCUT2D eigenvalue weighted by molar-refractivity contribution is -0.163. The molecule has 0 spiro atoms. The highest BCUT2D eigenvalue weighted by atomic mass is 32.1. The molecule has 0 radical (unpaired) electrons. The number of halogens is 2. The molecular formula is C42H51F2N4O10PS. The van der Waals surface area contributed by atoms with Crippen molar-refractivity contribution < 1.29 is 55.8 Å². The maximum atomic E-state index is 16.3. The average molecular weight is 873 g/mol. The van der Waals surface area contributed by atoms with Crippen molar-refractivity contribution in [2.75, 3.05) is 26.7 Å². The number of rotatable bonds is 12. The van der Waals surface area contributed by atoms with Crippen LogP contribution in [-0.4, -0.2) is 89.2 Å². The monoisotopic (exact) mass is 872 g/mol. The van der Waals surface area contributed by atoms with Crippen molar-refractivity contribution in [2.45, 2.75) is 103 Å². The van der Waals surface area contributed by atoms with Gasteiger partial charge in [0, 0.05) is 47.7 Å². The van der Waals surface area contributed by atoms with E-state index in [2.05, 4.69) is 10.3 Å². The summed E-state index contributed by atoms with van der Waals surface area (Å²) in [5, 5.41) is 3.13. The molecule has 1 aromatic carbocycles. The van der Waals surface area contributed by atoms with Gasteiger partial charge in [-0.1, -0.05) is 12.1 Å². The summed E-state index contributed by atoms with van der Waals surface area (Å²) >= 11 is 1.03. The van der Waals surface area contributed by atoms with Gasteiger partial charge in [0.05, 0.1) is 15.7 Å². The van der Waals surface area contributed by atoms with Gasteiger partial charge < -0.3 is 24.6 Å². The summed E-state index contributed by atoms with van der Waals surface area (Å²) in [5.74, 6) is -1.70. The number of carbonyl (C=O) groups is 5. The SMILES string of the molecule is CC(C)(C)C(=O)OCOP(=O)(OCOC(=O)C(C)(C)C)C(F)(F)c1ccc2sc(C(=O)N[C@H]3C[C@H]4C[C@H]4C[C@H]4CC[C@@H](C(=O)N5CC(c6cccnc6)C5)N4C3=O)cc2c1. The number of fused-ring (bicyclic) bond motifs is 3. The number of amides is 3. The Balaban J connectivity index is 1.06. The van der Waals surface area contributed by atoms with Crippen molar-refractivity contribution in [1.29, 1.82) is 0 Å². The van der Waals surface area contributed by atoms with Crippen LogP contribution in [0, 0.1) is 22.7 Å². The number of hydrogen-bond donors (Lipinski definition) is 1. The molecule has 1 saturated carbocycles. The smallest absolute Gasteiger partial charge is 0.410 e. The van der Waals surface area contributed by atoms with Gasteiger partial charge in [-0.25, -0.2) is 0 Å². The highest BCUT2D eigenvalue weighted by Gasteiger charge is 2.56. The fraction of sp³-hybridized carbons (Fsp3) is 0.571. The Kier molecular flexibility index (Phi) is 12.1. The van der Waals surface area contributed by atoms with Gasteiger partial charge in [0.25, 0.3) is 5.91 Å². The third-order valence-corrected chi connectivity index (χ3v) is 14.6. The van der Waals surface area contributed by atoms with Gasteiger partial charge >= 0.3 is 25.2 Å². The molecule has 5 atom stereocenters. The quantitative estimate of drug-likeness (QED) is 0.111. The number of nitrogens with one attached hydrogen (secondary N) is 1. The Bertz CT molecular complexity index is 2170. The third kappa shape index (κ3) is 9.00. The van der Waals surface area contributed by atoms with Gasteiger partial charge in [-0.3, -0.25) is 42.6 Å². The summed E-state index contributed by atoms with van der Waals surface area (Å²) in [6, 6.07) is 7.06. The average Bonchev–Trinajstić information content (AvgIpc) is 3.52. The van der Waals surface area contributed by atoms with E-state index in [0.29, 0.717) is 43.0 Å². The van der Waals surface area contributed by atoms with Gasteiger partial charge in [-0.05, 0) is 121 Å². The van der Waals surface area contributed by atoms with Crippen LogP contribution in [0.5, 0.6) is 0 Å². The first-order valence-corrected chi connectivity index (χ1v) is 22.5. The first-order chi connectivity index (χ1) is 28.2. The molecule has 3 aliphatic heterocycles. The van der Waals surface area contributed by atoms with Crippen LogP contribution < -0.4 is 5.32 Å². The number of aromatic nitrogens is 1. The number of alkyl halides is 2. The molecule has 3 saturated heterocycles. The third-order valence-electron chi connectivity index (χ3n) is 11.7. The molecule has 60 heavy (non-hydrogen) atoms. The molecule has 0 unspecified atom stereocenters. The Morgan fingerprint density at radius 2 is 1.55 bits per heavy atom. The van der Waals surface area contributed by atoms with E-state index in [1.165, 1.54) is 53.7 Å². The number of esters is 2. The van der Waals surface area contributed by atoms with E-state index >= 15 is 8.78 Å².